The minimum atomic E-state index is -0.161. The molecule has 0 atom stereocenters. The zero-order valence-corrected chi connectivity index (χ0v) is 13.1. The van der Waals surface area contributed by atoms with E-state index in [1.54, 1.807) is 17.0 Å². The summed E-state index contributed by atoms with van der Waals surface area (Å²) < 4.78 is 0. The highest BCUT2D eigenvalue weighted by Crippen LogP contribution is 2.28. The highest BCUT2D eigenvalue weighted by atomic mass is 35.5. The molecule has 0 amide bonds. The Morgan fingerprint density at radius 3 is 2.64 bits per heavy atom. The second-order valence-corrected chi connectivity index (χ2v) is 5.31. The molecule has 0 spiro atoms. The first-order valence-electron chi connectivity index (χ1n) is 6.30. The Morgan fingerprint density at radius 1 is 1.27 bits per heavy atom. The monoisotopic (exact) mass is 333 g/mol. The van der Waals surface area contributed by atoms with Crippen LogP contribution in [-0.4, -0.2) is 34.0 Å². The van der Waals surface area contributed by atoms with Crippen LogP contribution in [0.25, 0.3) is 0 Å². The van der Waals surface area contributed by atoms with Crippen molar-refractivity contribution in [3.63, 3.8) is 0 Å². The Bertz CT molecular complexity index is 753. The number of benzene rings is 1. The lowest BCUT2D eigenvalue weighted by atomic mass is 10.2. The number of anilines is 1. The predicted octanol–water partition coefficient (Wildman–Crippen LogP) is 1.38. The maximum absolute atomic E-state index is 7.57. The average Bonchev–Trinajstić information content (AvgIpc) is 2.78. The molecule has 1 fully saturated rings. The molecule has 1 saturated heterocycles. The molecule has 0 aliphatic carbocycles. The van der Waals surface area contributed by atoms with Crippen LogP contribution in [0.2, 0.25) is 0 Å². The Labute approximate surface area is 137 Å². The number of nitrogens with one attached hydrogen (secondary N) is 2. The largest absolute Gasteiger partial charge is 0.382 e. The minimum Gasteiger partial charge on any atom is -0.382 e. The first-order valence-corrected chi connectivity index (χ1v) is 7.09. The summed E-state index contributed by atoms with van der Waals surface area (Å²) in [6.45, 7) is 0. The third-order valence-electron chi connectivity index (χ3n) is 3.10. The van der Waals surface area contributed by atoms with Gasteiger partial charge in [-0.2, -0.15) is 0 Å². The van der Waals surface area contributed by atoms with Gasteiger partial charge in [0, 0.05) is 12.7 Å². The molecule has 7 nitrogen and oxygen atoms in total. The van der Waals surface area contributed by atoms with E-state index >= 15 is 0 Å². The van der Waals surface area contributed by atoms with Crippen LogP contribution in [0, 0.1) is 5.41 Å². The van der Waals surface area contributed by atoms with Crippen molar-refractivity contribution in [2.75, 3.05) is 11.9 Å². The lowest BCUT2D eigenvalue weighted by Gasteiger charge is -2.22. The van der Waals surface area contributed by atoms with Crippen molar-refractivity contribution in [1.29, 1.82) is 5.41 Å². The van der Waals surface area contributed by atoms with Crippen molar-refractivity contribution in [2.45, 2.75) is 0 Å². The Hall–Kier alpha value is -2.45. The number of nitrogens with two attached hydrogens (primary N) is 1. The van der Waals surface area contributed by atoms with Crippen LogP contribution in [-0.2, 0) is 0 Å². The van der Waals surface area contributed by atoms with E-state index in [0.717, 1.165) is 5.69 Å². The number of halogens is 1. The molecule has 0 radical (unpaired) electrons. The van der Waals surface area contributed by atoms with Gasteiger partial charge < -0.3 is 5.73 Å². The standard InChI is InChI=1S/C13H12ClN7S/c1-20-12(8-10(15)18-11(16)9(14)17-8)21(13(22)19-20)7-5-3-2-4-6-7/h2-6H,1H3,(H,19,22)(H3,15,16,18)/b12-8-. The van der Waals surface area contributed by atoms with Gasteiger partial charge in [0.2, 0.25) is 0 Å². The van der Waals surface area contributed by atoms with E-state index in [4.69, 9.17) is 35.0 Å². The van der Waals surface area contributed by atoms with Crippen LogP contribution in [0.3, 0.4) is 0 Å². The number of nitrogens with zero attached hydrogens (tertiary/aromatic N) is 4. The van der Waals surface area contributed by atoms with E-state index in [2.05, 4.69) is 15.4 Å². The van der Waals surface area contributed by atoms with Crippen molar-refractivity contribution in [3.8, 4) is 0 Å². The van der Waals surface area contributed by atoms with Crippen LogP contribution in [0.4, 0.5) is 5.69 Å². The van der Waals surface area contributed by atoms with E-state index in [1.807, 2.05) is 30.3 Å². The fraction of sp³-hybridized carbons (Fsp3) is 0.0769. The highest BCUT2D eigenvalue weighted by Gasteiger charge is 2.33. The van der Waals surface area contributed by atoms with Crippen LogP contribution in [0.5, 0.6) is 0 Å². The van der Waals surface area contributed by atoms with Gasteiger partial charge in [-0.1, -0.05) is 29.8 Å². The summed E-state index contributed by atoms with van der Waals surface area (Å²) in [5, 5.41) is 9.72. The zero-order valence-electron chi connectivity index (χ0n) is 11.5. The number of hydrazine groups is 1. The SMILES string of the molecule is CN1NC(=S)N(c2ccccc2)/C1=C1\N=C(Cl)C(=N)N=C1N. The van der Waals surface area contributed by atoms with Crippen molar-refractivity contribution < 1.29 is 0 Å². The first kappa shape index (κ1) is 14.5. The summed E-state index contributed by atoms with van der Waals surface area (Å²) in [6, 6.07) is 9.55. The molecule has 0 unspecified atom stereocenters. The lowest BCUT2D eigenvalue weighted by molar-refractivity contribution is 0.399. The molecule has 2 heterocycles. The number of aliphatic imine (C=N–C) groups is 2. The van der Waals surface area contributed by atoms with E-state index in [1.165, 1.54) is 0 Å². The molecule has 1 aromatic carbocycles. The van der Waals surface area contributed by atoms with Gasteiger partial charge in [0.25, 0.3) is 0 Å². The molecule has 3 rings (SSSR count). The Morgan fingerprint density at radius 2 is 1.95 bits per heavy atom. The van der Waals surface area contributed by atoms with Gasteiger partial charge in [-0.25, -0.2) is 9.98 Å². The second-order valence-electron chi connectivity index (χ2n) is 4.57. The fourth-order valence-electron chi connectivity index (χ4n) is 2.17. The molecule has 0 saturated carbocycles. The van der Waals surface area contributed by atoms with Gasteiger partial charge in [-0.3, -0.25) is 20.7 Å². The normalized spacial score (nSPS) is 21.7. The number of hydrogen-bond donors (Lipinski definition) is 3. The number of amidine groups is 2. The molecule has 0 bridgehead atoms. The maximum atomic E-state index is 7.57. The van der Waals surface area contributed by atoms with Crippen LogP contribution in [0.15, 0.2) is 51.8 Å². The van der Waals surface area contributed by atoms with Gasteiger partial charge in [0.15, 0.2) is 27.8 Å². The smallest absolute Gasteiger partial charge is 0.198 e. The van der Waals surface area contributed by atoms with E-state index in [9.17, 15) is 0 Å². The molecule has 9 heteroatoms. The van der Waals surface area contributed by atoms with Crippen molar-refractivity contribution >= 4 is 51.5 Å². The average molecular weight is 334 g/mol. The second kappa shape index (κ2) is 5.39. The lowest BCUT2D eigenvalue weighted by Crippen LogP contribution is -2.31. The van der Waals surface area contributed by atoms with E-state index in [0.29, 0.717) is 16.6 Å². The van der Waals surface area contributed by atoms with Crippen LogP contribution >= 0.6 is 23.8 Å². The first-order chi connectivity index (χ1) is 10.5. The Kier molecular flexibility index (Phi) is 3.55. The van der Waals surface area contributed by atoms with Gasteiger partial charge >= 0.3 is 0 Å². The predicted molar refractivity (Wildman–Crippen MR) is 92.1 cm³/mol. The summed E-state index contributed by atoms with van der Waals surface area (Å²) in [7, 11) is 1.79. The molecule has 4 N–H and O–H groups in total. The van der Waals surface area contributed by atoms with Crippen molar-refractivity contribution in [1.82, 2.24) is 10.4 Å². The number of hydrogen-bond acceptors (Lipinski definition) is 5. The maximum Gasteiger partial charge on any atom is 0.198 e. The number of rotatable bonds is 1. The number of thiocarbonyl (C=S) groups is 1. The molecular weight excluding hydrogens is 322 g/mol. The third kappa shape index (κ3) is 2.32. The molecule has 1 aromatic rings. The van der Waals surface area contributed by atoms with Crippen molar-refractivity contribution in [2.24, 2.45) is 15.7 Å². The van der Waals surface area contributed by atoms with Gasteiger partial charge in [0.1, 0.15) is 5.70 Å². The van der Waals surface area contributed by atoms with Crippen molar-refractivity contribution in [3.05, 3.63) is 41.8 Å². The van der Waals surface area contributed by atoms with Crippen LogP contribution < -0.4 is 16.1 Å². The molecular formula is C13H12ClN7S. The minimum absolute atomic E-state index is 0.0177. The topological polar surface area (TPSA) is 93.1 Å². The fourth-order valence-corrected chi connectivity index (χ4v) is 2.62. The summed E-state index contributed by atoms with van der Waals surface area (Å²) in [5.41, 5.74) is 10.2. The molecule has 112 valence electrons. The molecule has 2 aliphatic heterocycles. The van der Waals surface area contributed by atoms with E-state index in [-0.39, 0.29) is 16.8 Å². The van der Waals surface area contributed by atoms with E-state index < -0.39 is 0 Å². The molecule has 2 aliphatic rings. The molecule has 22 heavy (non-hydrogen) atoms. The third-order valence-corrected chi connectivity index (χ3v) is 3.64. The summed E-state index contributed by atoms with van der Waals surface area (Å²) in [5.74, 6) is 0.553. The van der Waals surface area contributed by atoms with Gasteiger partial charge in [-0.05, 0) is 24.4 Å². The quantitative estimate of drug-likeness (QED) is 0.675. The van der Waals surface area contributed by atoms with Gasteiger partial charge in [0.05, 0.1) is 0 Å². The number of para-hydroxylation sites is 1. The Balaban J connectivity index is 2.18. The van der Waals surface area contributed by atoms with Gasteiger partial charge in [-0.15, -0.1) is 0 Å². The zero-order chi connectivity index (χ0) is 15.9. The molecule has 0 aromatic heterocycles. The summed E-state index contributed by atoms with van der Waals surface area (Å²) in [6.07, 6.45) is 0. The van der Waals surface area contributed by atoms with Crippen LogP contribution in [0.1, 0.15) is 0 Å². The summed E-state index contributed by atoms with van der Waals surface area (Å²) in [4.78, 5) is 9.88. The highest BCUT2D eigenvalue weighted by molar-refractivity contribution is 7.80. The summed E-state index contributed by atoms with van der Waals surface area (Å²) >= 11 is 11.3.